The summed E-state index contributed by atoms with van der Waals surface area (Å²) in [5.41, 5.74) is -2.59. The molecule has 124 valence electrons. The normalized spacial score (nSPS) is 28.1. The second kappa shape index (κ2) is 4.14. The van der Waals surface area contributed by atoms with Crippen LogP contribution in [-0.2, 0) is 23.2 Å². The van der Waals surface area contributed by atoms with Crippen molar-refractivity contribution in [3.8, 4) is 0 Å². The maximum Gasteiger partial charge on any atom is 0.350 e. The minimum Gasteiger partial charge on any atom is -0.312 e. The Morgan fingerprint density at radius 2 is 1.54 bits per heavy atom. The monoisotopic (exact) mass is 327 g/mol. The van der Waals surface area contributed by atoms with Crippen molar-refractivity contribution >= 4 is 11.6 Å². The summed E-state index contributed by atoms with van der Waals surface area (Å²) in [6, 6.07) is 8.86. The van der Waals surface area contributed by atoms with Gasteiger partial charge in [-0.3, -0.25) is 4.79 Å². The number of hydrogen-bond donors (Lipinski definition) is 0. The Labute approximate surface area is 137 Å². The van der Waals surface area contributed by atoms with E-state index in [0.717, 1.165) is 4.57 Å². The van der Waals surface area contributed by atoms with Gasteiger partial charge in [0, 0.05) is 19.7 Å². The molecule has 2 bridgehead atoms. The number of carbonyl (C=O) groups is 1. The van der Waals surface area contributed by atoms with Crippen LogP contribution in [-0.4, -0.2) is 37.5 Å². The van der Waals surface area contributed by atoms with Crippen molar-refractivity contribution in [1.82, 2.24) is 18.8 Å². The van der Waals surface area contributed by atoms with Gasteiger partial charge in [0.25, 0.3) is 11.6 Å². The lowest BCUT2D eigenvalue weighted by Crippen LogP contribution is -2.74. The molecule has 5 rings (SSSR count). The van der Waals surface area contributed by atoms with Crippen LogP contribution in [0.1, 0.15) is 19.4 Å². The molecule has 8 heteroatoms. The fraction of sp³-hybridized carbons (Fsp3) is 0.375. The molecule has 0 saturated heterocycles. The number of rotatable bonds is 1. The van der Waals surface area contributed by atoms with Gasteiger partial charge in [-0.05, 0) is 13.8 Å². The molecule has 1 aromatic carbocycles. The maximum absolute atomic E-state index is 13.2. The number of hydrogen-bond acceptors (Lipinski definition) is 4. The number of nitrogens with zero attached hydrogens (tertiary/aromatic N) is 5. The number of likely N-dealkylation sites (N-methyl/N-ethyl adjacent to an activating group) is 1. The number of carbonyl (C=O) groups excluding carboxylic acids is 1. The molecule has 0 aliphatic carbocycles. The fourth-order valence-corrected chi connectivity index (χ4v) is 3.69. The molecule has 0 fully saturated rings. The van der Waals surface area contributed by atoms with Crippen LogP contribution in [0.25, 0.3) is 0 Å². The van der Waals surface area contributed by atoms with Gasteiger partial charge >= 0.3 is 11.4 Å². The van der Waals surface area contributed by atoms with Crippen LogP contribution < -0.4 is 11.4 Å². The number of aliphatic imine (C=N–C) groups is 1. The Balaban J connectivity index is 2.27. The van der Waals surface area contributed by atoms with Gasteiger partial charge in [0.05, 0.1) is 5.71 Å². The lowest BCUT2D eigenvalue weighted by atomic mass is 9.89. The number of benzene rings is 1. The predicted octanol–water partition coefficient (Wildman–Crippen LogP) is -0.331. The SMILES string of the molecule is CC1=N[C@@]2(c3ccccc3)C(=O)N(C)[C@]1(C)n1c(=O)n(C)c(=O)n12. The first-order valence-corrected chi connectivity index (χ1v) is 7.60. The molecule has 24 heavy (non-hydrogen) atoms. The highest BCUT2D eigenvalue weighted by atomic mass is 16.2. The molecule has 0 saturated carbocycles. The Hall–Kier alpha value is -2.90. The van der Waals surface area contributed by atoms with E-state index >= 15 is 0 Å². The summed E-state index contributed by atoms with van der Waals surface area (Å²) in [5, 5.41) is 0. The van der Waals surface area contributed by atoms with Crippen LogP contribution in [0, 0.1) is 0 Å². The van der Waals surface area contributed by atoms with Crippen LogP contribution in [0.5, 0.6) is 0 Å². The highest BCUT2D eigenvalue weighted by molar-refractivity contribution is 6.02. The summed E-state index contributed by atoms with van der Waals surface area (Å²) in [4.78, 5) is 44.8. The number of aromatic nitrogens is 3. The molecular formula is C16H17N5O3. The van der Waals surface area contributed by atoms with Crippen molar-refractivity contribution in [3.63, 3.8) is 0 Å². The van der Waals surface area contributed by atoms with Gasteiger partial charge in [0.15, 0.2) is 5.66 Å². The molecule has 4 heterocycles. The smallest absolute Gasteiger partial charge is 0.312 e. The first-order chi connectivity index (χ1) is 11.3. The van der Waals surface area contributed by atoms with Crippen LogP contribution in [0.2, 0.25) is 0 Å². The van der Waals surface area contributed by atoms with Crippen molar-refractivity contribution in [2.45, 2.75) is 25.2 Å². The Kier molecular flexibility index (Phi) is 2.53. The average molecular weight is 327 g/mol. The molecule has 8 nitrogen and oxygen atoms in total. The highest BCUT2D eigenvalue weighted by Crippen LogP contribution is 2.43. The van der Waals surface area contributed by atoms with Crippen LogP contribution in [0.4, 0.5) is 0 Å². The molecule has 0 spiro atoms. The van der Waals surface area contributed by atoms with Crippen LogP contribution in [0.3, 0.4) is 0 Å². The predicted molar refractivity (Wildman–Crippen MR) is 87.0 cm³/mol. The maximum atomic E-state index is 13.2. The molecule has 0 radical (unpaired) electrons. The largest absolute Gasteiger partial charge is 0.350 e. The minimum atomic E-state index is -1.59. The van der Waals surface area contributed by atoms with E-state index in [1.54, 1.807) is 45.2 Å². The molecule has 3 aliphatic heterocycles. The zero-order valence-electron chi connectivity index (χ0n) is 13.8. The molecule has 2 atom stereocenters. The van der Waals surface area contributed by atoms with Gasteiger partial charge in [-0.1, -0.05) is 30.3 Å². The molecule has 1 amide bonds. The fourth-order valence-electron chi connectivity index (χ4n) is 3.69. The molecule has 1 aromatic heterocycles. The summed E-state index contributed by atoms with van der Waals surface area (Å²) >= 11 is 0. The molecule has 0 N–H and O–H groups in total. The molecular weight excluding hydrogens is 310 g/mol. The van der Waals surface area contributed by atoms with E-state index in [0.29, 0.717) is 11.3 Å². The van der Waals surface area contributed by atoms with Crippen molar-refractivity contribution in [3.05, 3.63) is 56.9 Å². The standard InChI is InChI=1S/C16H17N5O3/c1-10-15(2)19(4)12(22)16(17-10,11-8-6-5-7-9-11)21-14(24)18(3)13(23)20(15)21/h5-9H,1-4H3/t15-,16-/m1/s1. The van der Waals surface area contributed by atoms with Gasteiger partial charge < -0.3 is 4.90 Å². The van der Waals surface area contributed by atoms with E-state index in [2.05, 4.69) is 4.99 Å². The topological polar surface area (TPSA) is 81.6 Å². The second-order valence-electron chi connectivity index (χ2n) is 6.37. The van der Waals surface area contributed by atoms with Crippen molar-refractivity contribution in [2.24, 2.45) is 12.0 Å². The van der Waals surface area contributed by atoms with Gasteiger partial charge in [-0.2, -0.15) is 9.36 Å². The Morgan fingerprint density at radius 3 is 2.17 bits per heavy atom. The summed E-state index contributed by atoms with van der Waals surface area (Å²) < 4.78 is 3.54. The van der Waals surface area contributed by atoms with Crippen molar-refractivity contribution < 1.29 is 4.79 Å². The first-order valence-electron chi connectivity index (χ1n) is 7.60. The minimum absolute atomic E-state index is 0.338. The third-order valence-electron chi connectivity index (χ3n) is 5.30. The van der Waals surface area contributed by atoms with Crippen molar-refractivity contribution in [2.75, 3.05) is 7.05 Å². The van der Waals surface area contributed by atoms with E-state index in [9.17, 15) is 14.4 Å². The van der Waals surface area contributed by atoms with Crippen LogP contribution in [0.15, 0.2) is 44.9 Å². The van der Waals surface area contributed by atoms with Gasteiger partial charge in [-0.15, -0.1) is 0 Å². The third kappa shape index (κ3) is 1.27. The van der Waals surface area contributed by atoms with Crippen molar-refractivity contribution in [1.29, 1.82) is 0 Å². The zero-order valence-corrected chi connectivity index (χ0v) is 13.8. The second-order valence-corrected chi connectivity index (χ2v) is 6.37. The van der Waals surface area contributed by atoms with E-state index in [1.807, 2.05) is 6.07 Å². The lowest BCUT2D eigenvalue weighted by Gasteiger charge is -2.53. The lowest BCUT2D eigenvalue weighted by molar-refractivity contribution is -0.155. The van der Waals surface area contributed by atoms with E-state index in [4.69, 9.17) is 0 Å². The summed E-state index contributed by atoms with van der Waals surface area (Å²) in [6.07, 6.45) is 0. The van der Waals surface area contributed by atoms with Crippen LogP contribution >= 0.6 is 0 Å². The summed E-state index contributed by atoms with van der Waals surface area (Å²) in [7, 11) is 3.04. The number of amides is 1. The highest BCUT2D eigenvalue weighted by Gasteiger charge is 2.62. The third-order valence-corrected chi connectivity index (χ3v) is 5.30. The zero-order chi connectivity index (χ0) is 17.4. The van der Waals surface area contributed by atoms with E-state index in [-0.39, 0.29) is 5.91 Å². The summed E-state index contributed by atoms with van der Waals surface area (Å²) in [5.74, 6) is -0.338. The van der Waals surface area contributed by atoms with E-state index < -0.39 is 22.7 Å². The summed E-state index contributed by atoms with van der Waals surface area (Å²) in [6.45, 7) is 3.49. The Morgan fingerprint density at radius 1 is 0.958 bits per heavy atom. The quantitative estimate of drug-likeness (QED) is 0.719. The molecule has 0 unspecified atom stereocenters. The molecule has 3 aliphatic rings. The first kappa shape index (κ1) is 14.7. The van der Waals surface area contributed by atoms with E-state index in [1.165, 1.54) is 21.3 Å². The average Bonchev–Trinajstić information content (AvgIpc) is 2.82. The molecule has 2 aromatic rings. The van der Waals surface area contributed by atoms with Gasteiger partial charge in [-0.25, -0.2) is 19.1 Å². The van der Waals surface area contributed by atoms with Gasteiger partial charge in [0.2, 0.25) is 0 Å². The Bertz CT molecular complexity index is 1030. The number of fused-ring (bicyclic) bond motifs is 1. The van der Waals surface area contributed by atoms with Gasteiger partial charge in [0.1, 0.15) is 0 Å².